The van der Waals surface area contributed by atoms with E-state index in [-0.39, 0.29) is 23.7 Å². The van der Waals surface area contributed by atoms with E-state index in [1.165, 1.54) is 30.3 Å². The van der Waals surface area contributed by atoms with Gasteiger partial charge in [-0.2, -0.15) is 0 Å². The summed E-state index contributed by atoms with van der Waals surface area (Å²) in [6.45, 7) is -0.551. The quantitative estimate of drug-likeness (QED) is 0.465. The molecule has 0 unspecified atom stereocenters. The number of rotatable bonds is 7. The fourth-order valence-electron chi connectivity index (χ4n) is 1.98. The molecule has 0 saturated carbocycles. The van der Waals surface area contributed by atoms with Crippen molar-refractivity contribution >= 4 is 17.6 Å². The number of carbonyl (C=O) groups is 2. The Labute approximate surface area is 143 Å². The summed E-state index contributed by atoms with van der Waals surface area (Å²) < 4.78 is 5.58. The number of carbonyl (C=O) groups excluding carboxylic acids is 1. The summed E-state index contributed by atoms with van der Waals surface area (Å²) in [7, 11) is 0. The van der Waals surface area contributed by atoms with E-state index in [1.54, 1.807) is 12.1 Å². The lowest BCUT2D eigenvalue weighted by molar-refractivity contribution is -0.140. The second kappa shape index (κ2) is 8.02. The minimum Gasteiger partial charge on any atom is -0.508 e. The van der Waals surface area contributed by atoms with E-state index in [2.05, 4.69) is 5.32 Å². The van der Waals surface area contributed by atoms with Crippen LogP contribution in [0.15, 0.2) is 42.5 Å². The summed E-state index contributed by atoms with van der Waals surface area (Å²) in [6, 6.07) is 9.29. The standard InChI is InChI=1S/C17H18N2O6/c18-13-6-3-11(16(22)19-14(8-20)17(23)24)7-15(13)25-9-10-1-4-12(21)5-2-10/h1-7,14,20-21H,8-9,18H2,(H,19,22)(H,23,24)/t14-/m0/s1. The predicted molar refractivity (Wildman–Crippen MR) is 89.3 cm³/mol. The number of nitrogen functional groups attached to an aromatic ring is 1. The fraction of sp³-hybridized carbons (Fsp3) is 0.176. The van der Waals surface area contributed by atoms with E-state index in [9.17, 15) is 14.7 Å². The summed E-state index contributed by atoms with van der Waals surface area (Å²) in [6.07, 6.45) is 0. The second-order valence-corrected chi connectivity index (χ2v) is 5.25. The topological polar surface area (TPSA) is 142 Å². The highest BCUT2D eigenvalue weighted by atomic mass is 16.5. The van der Waals surface area contributed by atoms with Gasteiger partial charge in [-0.05, 0) is 35.9 Å². The number of anilines is 1. The highest BCUT2D eigenvalue weighted by Crippen LogP contribution is 2.24. The average molecular weight is 346 g/mol. The highest BCUT2D eigenvalue weighted by molar-refractivity contribution is 5.97. The summed E-state index contributed by atoms with van der Waals surface area (Å²) in [4.78, 5) is 22.9. The van der Waals surface area contributed by atoms with Crippen molar-refractivity contribution in [3.8, 4) is 11.5 Å². The third kappa shape index (κ3) is 4.85. The number of nitrogens with two attached hydrogens (primary N) is 1. The molecule has 0 bridgehead atoms. The van der Waals surface area contributed by atoms with Crippen molar-refractivity contribution in [3.63, 3.8) is 0 Å². The van der Waals surface area contributed by atoms with Crippen LogP contribution in [0.5, 0.6) is 11.5 Å². The van der Waals surface area contributed by atoms with Crippen molar-refractivity contribution in [1.29, 1.82) is 0 Å². The van der Waals surface area contributed by atoms with Crippen molar-refractivity contribution in [2.24, 2.45) is 0 Å². The molecule has 132 valence electrons. The van der Waals surface area contributed by atoms with E-state index >= 15 is 0 Å². The number of hydrogen-bond acceptors (Lipinski definition) is 6. The maximum atomic E-state index is 12.1. The van der Waals surface area contributed by atoms with Gasteiger partial charge >= 0.3 is 5.97 Å². The summed E-state index contributed by atoms with van der Waals surface area (Å²) in [5.41, 5.74) is 7.07. The smallest absolute Gasteiger partial charge is 0.328 e. The number of aliphatic hydroxyl groups is 1. The number of aliphatic carboxylic acids is 1. The molecule has 8 heteroatoms. The van der Waals surface area contributed by atoms with Crippen LogP contribution in [0, 0.1) is 0 Å². The van der Waals surface area contributed by atoms with Gasteiger partial charge in [-0.15, -0.1) is 0 Å². The molecule has 2 aromatic rings. The number of aromatic hydroxyl groups is 1. The second-order valence-electron chi connectivity index (χ2n) is 5.25. The van der Waals surface area contributed by atoms with Gasteiger partial charge < -0.3 is 31.1 Å². The zero-order chi connectivity index (χ0) is 18.4. The molecule has 0 radical (unpaired) electrons. The lowest BCUT2D eigenvalue weighted by atomic mass is 10.1. The van der Waals surface area contributed by atoms with Crippen molar-refractivity contribution in [1.82, 2.24) is 5.32 Å². The van der Waals surface area contributed by atoms with Crippen LogP contribution in [0.1, 0.15) is 15.9 Å². The number of phenols is 1. The minimum atomic E-state index is -1.40. The van der Waals surface area contributed by atoms with Crippen molar-refractivity contribution in [2.75, 3.05) is 12.3 Å². The molecule has 6 N–H and O–H groups in total. The SMILES string of the molecule is Nc1ccc(C(=O)N[C@@H](CO)C(=O)O)cc1OCc1ccc(O)cc1. The monoisotopic (exact) mass is 346 g/mol. The molecule has 0 aliphatic rings. The zero-order valence-corrected chi connectivity index (χ0v) is 13.2. The molecule has 1 atom stereocenters. The Bertz CT molecular complexity index is 760. The van der Waals surface area contributed by atoms with Gasteiger partial charge in [-0.25, -0.2) is 4.79 Å². The Morgan fingerprint density at radius 2 is 1.84 bits per heavy atom. The van der Waals surface area contributed by atoms with Crippen LogP contribution < -0.4 is 15.8 Å². The number of aliphatic hydroxyl groups excluding tert-OH is 1. The van der Waals surface area contributed by atoms with Gasteiger partial charge in [0.15, 0.2) is 6.04 Å². The van der Waals surface area contributed by atoms with Crippen LogP contribution in [0.2, 0.25) is 0 Å². The Balaban J connectivity index is 2.09. The first-order valence-corrected chi connectivity index (χ1v) is 7.35. The number of nitrogens with one attached hydrogen (secondary N) is 1. The zero-order valence-electron chi connectivity index (χ0n) is 13.2. The first kappa shape index (κ1) is 18.1. The average Bonchev–Trinajstić information content (AvgIpc) is 2.59. The van der Waals surface area contributed by atoms with Gasteiger partial charge in [0, 0.05) is 5.56 Å². The molecule has 0 saturated heterocycles. The van der Waals surface area contributed by atoms with E-state index in [0.717, 1.165) is 5.56 Å². The van der Waals surface area contributed by atoms with E-state index in [4.69, 9.17) is 20.7 Å². The molecule has 0 fully saturated rings. The maximum Gasteiger partial charge on any atom is 0.328 e. The minimum absolute atomic E-state index is 0.138. The van der Waals surface area contributed by atoms with Crippen LogP contribution >= 0.6 is 0 Å². The van der Waals surface area contributed by atoms with Gasteiger partial charge in [0.05, 0.1) is 12.3 Å². The molecule has 2 aromatic carbocycles. The third-order valence-electron chi connectivity index (χ3n) is 3.39. The Morgan fingerprint density at radius 3 is 2.44 bits per heavy atom. The number of carboxylic acid groups (broad SMARTS) is 1. The molecule has 0 aliphatic heterocycles. The van der Waals surface area contributed by atoms with Gasteiger partial charge in [0.1, 0.15) is 18.1 Å². The van der Waals surface area contributed by atoms with Crippen molar-refractivity contribution < 1.29 is 29.6 Å². The third-order valence-corrected chi connectivity index (χ3v) is 3.39. The van der Waals surface area contributed by atoms with E-state index in [0.29, 0.717) is 5.69 Å². The van der Waals surface area contributed by atoms with Gasteiger partial charge in [-0.3, -0.25) is 4.79 Å². The molecule has 25 heavy (non-hydrogen) atoms. The Kier molecular flexibility index (Phi) is 5.80. The molecule has 2 rings (SSSR count). The molecular formula is C17H18N2O6. The molecule has 0 aromatic heterocycles. The first-order valence-electron chi connectivity index (χ1n) is 7.35. The van der Waals surface area contributed by atoms with E-state index in [1.807, 2.05) is 0 Å². The molecule has 1 amide bonds. The number of benzene rings is 2. The van der Waals surface area contributed by atoms with Crippen molar-refractivity contribution in [2.45, 2.75) is 12.6 Å². The lowest BCUT2D eigenvalue weighted by Gasteiger charge is -2.14. The first-order chi connectivity index (χ1) is 11.9. The van der Waals surface area contributed by atoms with Gasteiger partial charge in [0.25, 0.3) is 5.91 Å². The normalized spacial score (nSPS) is 11.6. The predicted octanol–water partition coefficient (Wildman–Crippen LogP) is 0.729. The van der Waals surface area contributed by atoms with Crippen LogP contribution in [-0.4, -0.2) is 39.8 Å². The number of carboxylic acids is 1. The number of ether oxygens (including phenoxy) is 1. The van der Waals surface area contributed by atoms with Crippen LogP contribution in [-0.2, 0) is 11.4 Å². The molecule has 0 spiro atoms. The highest BCUT2D eigenvalue weighted by Gasteiger charge is 2.20. The molecule has 0 aliphatic carbocycles. The van der Waals surface area contributed by atoms with Crippen LogP contribution in [0.3, 0.4) is 0 Å². The summed E-state index contributed by atoms with van der Waals surface area (Å²) in [5.74, 6) is -1.61. The van der Waals surface area contributed by atoms with Crippen LogP contribution in [0.4, 0.5) is 5.69 Å². The lowest BCUT2D eigenvalue weighted by Crippen LogP contribution is -2.43. The van der Waals surface area contributed by atoms with Gasteiger partial charge in [0.2, 0.25) is 0 Å². The number of amides is 1. The Morgan fingerprint density at radius 1 is 1.16 bits per heavy atom. The summed E-state index contributed by atoms with van der Waals surface area (Å²) in [5, 5.41) is 29.3. The van der Waals surface area contributed by atoms with Gasteiger partial charge in [-0.1, -0.05) is 12.1 Å². The fourth-order valence-corrected chi connectivity index (χ4v) is 1.98. The molecule has 0 heterocycles. The number of phenolic OH excluding ortho intramolecular Hbond substituents is 1. The van der Waals surface area contributed by atoms with Crippen molar-refractivity contribution in [3.05, 3.63) is 53.6 Å². The number of hydrogen-bond donors (Lipinski definition) is 5. The maximum absolute atomic E-state index is 12.1. The molecule has 8 nitrogen and oxygen atoms in total. The summed E-state index contributed by atoms with van der Waals surface area (Å²) >= 11 is 0. The Hall–Kier alpha value is -3.26. The largest absolute Gasteiger partial charge is 0.508 e. The van der Waals surface area contributed by atoms with Crippen LogP contribution in [0.25, 0.3) is 0 Å². The molecular weight excluding hydrogens is 328 g/mol. The van der Waals surface area contributed by atoms with E-state index < -0.39 is 24.5 Å².